The van der Waals surface area contributed by atoms with Gasteiger partial charge in [-0.05, 0) is 43.3 Å². The maximum Gasteiger partial charge on any atom is 0.325 e. The summed E-state index contributed by atoms with van der Waals surface area (Å²) in [6.07, 6.45) is 0. The number of nitrogens with one attached hydrogen (secondary N) is 3. The quantitative estimate of drug-likeness (QED) is 0.630. The molecule has 0 spiro atoms. The van der Waals surface area contributed by atoms with Crippen LogP contribution in [-0.4, -0.2) is 42.2 Å². The van der Waals surface area contributed by atoms with Gasteiger partial charge in [-0.1, -0.05) is 17.7 Å². The molecule has 1 aliphatic rings. The van der Waals surface area contributed by atoms with Crippen molar-refractivity contribution in [3.63, 3.8) is 0 Å². The Morgan fingerprint density at radius 2 is 1.83 bits per heavy atom. The number of anilines is 1. The highest BCUT2D eigenvalue weighted by molar-refractivity contribution is 6.32. The summed E-state index contributed by atoms with van der Waals surface area (Å²) in [5.74, 6) is -2.15. The number of benzene rings is 2. The highest BCUT2D eigenvalue weighted by Gasteiger charge is 2.50. The summed E-state index contributed by atoms with van der Waals surface area (Å²) in [4.78, 5) is 49.9. The van der Waals surface area contributed by atoms with E-state index in [4.69, 9.17) is 11.6 Å². The summed E-state index contributed by atoms with van der Waals surface area (Å²) in [5, 5.41) is 7.53. The molecule has 0 aliphatic carbocycles. The van der Waals surface area contributed by atoms with Crippen LogP contribution in [-0.2, 0) is 15.1 Å². The molecule has 1 heterocycles. The number of urea groups is 1. The topological polar surface area (TPSA) is 108 Å². The molecule has 3 N–H and O–H groups in total. The van der Waals surface area contributed by atoms with E-state index in [-0.39, 0.29) is 16.5 Å². The Labute approximate surface area is 176 Å². The van der Waals surface area contributed by atoms with Gasteiger partial charge in [-0.15, -0.1) is 0 Å². The standard InChI is InChI=1S/C20H18ClFN4O4/c1-20(14-8-5-12(22)9-15(14)21)18(29)26(19(30)25-20)10-16(27)24-13-6-3-11(4-7-13)17(28)23-2/h3-9H,10H2,1-2H3,(H,23,28)(H,24,27)(H,25,30). The van der Waals surface area contributed by atoms with Gasteiger partial charge in [0, 0.05) is 28.9 Å². The van der Waals surface area contributed by atoms with Gasteiger partial charge in [-0.3, -0.25) is 19.3 Å². The summed E-state index contributed by atoms with van der Waals surface area (Å²) in [7, 11) is 1.50. The average Bonchev–Trinajstić information content (AvgIpc) is 2.91. The number of imide groups is 1. The lowest BCUT2D eigenvalue weighted by molar-refractivity contribution is -0.133. The molecule has 0 radical (unpaired) electrons. The Morgan fingerprint density at radius 1 is 1.17 bits per heavy atom. The molecule has 1 fully saturated rings. The predicted molar refractivity (Wildman–Crippen MR) is 107 cm³/mol. The molecule has 8 nitrogen and oxygen atoms in total. The van der Waals surface area contributed by atoms with Gasteiger partial charge in [-0.2, -0.15) is 0 Å². The van der Waals surface area contributed by atoms with Gasteiger partial charge in [0.2, 0.25) is 5.91 Å². The molecule has 2 aromatic carbocycles. The van der Waals surface area contributed by atoms with E-state index in [9.17, 15) is 23.6 Å². The van der Waals surface area contributed by atoms with E-state index in [0.29, 0.717) is 11.3 Å². The lowest BCUT2D eigenvalue weighted by Gasteiger charge is -2.23. The van der Waals surface area contributed by atoms with Crippen LogP contribution in [0.1, 0.15) is 22.8 Å². The van der Waals surface area contributed by atoms with Crippen molar-refractivity contribution in [3.8, 4) is 0 Å². The van der Waals surface area contributed by atoms with E-state index >= 15 is 0 Å². The minimum Gasteiger partial charge on any atom is -0.355 e. The van der Waals surface area contributed by atoms with Crippen molar-refractivity contribution in [2.24, 2.45) is 0 Å². The van der Waals surface area contributed by atoms with E-state index in [2.05, 4.69) is 16.0 Å². The first-order chi connectivity index (χ1) is 14.2. The van der Waals surface area contributed by atoms with Gasteiger partial charge in [0.15, 0.2) is 0 Å². The maximum atomic E-state index is 13.3. The van der Waals surface area contributed by atoms with Crippen LogP contribution in [0.3, 0.4) is 0 Å². The normalized spacial score (nSPS) is 18.2. The van der Waals surface area contributed by atoms with Crippen molar-refractivity contribution in [1.29, 1.82) is 0 Å². The lowest BCUT2D eigenvalue weighted by Crippen LogP contribution is -2.42. The van der Waals surface area contributed by atoms with Crippen molar-refractivity contribution in [1.82, 2.24) is 15.5 Å². The van der Waals surface area contributed by atoms with Gasteiger partial charge < -0.3 is 16.0 Å². The molecule has 1 saturated heterocycles. The van der Waals surface area contributed by atoms with Gasteiger partial charge in [-0.25, -0.2) is 9.18 Å². The summed E-state index contributed by atoms with van der Waals surface area (Å²) in [6, 6.07) is 8.81. The number of nitrogens with zero attached hydrogens (tertiary/aromatic N) is 1. The van der Waals surface area contributed by atoms with Crippen molar-refractivity contribution in [2.75, 3.05) is 18.9 Å². The van der Waals surface area contributed by atoms with Crippen LogP contribution in [0.15, 0.2) is 42.5 Å². The molecule has 30 heavy (non-hydrogen) atoms. The maximum absolute atomic E-state index is 13.3. The molecule has 3 rings (SSSR count). The fraction of sp³-hybridized carbons (Fsp3) is 0.200. The van der Waals surface area contributed by atoms with Gasteiger partial charge in [0.25, 0.3) is 11.8 Å². The largest absolute Gasteiger partial charge is 0.355 e. The van der Waals surface area contributed by atoms with E-state index in [1.54, 1.807) is 0 Å². The number of hydrogen-bond donors (Lipinski definition) is 3. The zero-order chi connectivity index (χ0) is 22.1. The first kappa shape index (κ1) is 21.3. The van der Waals surface area contributed by atoms with E-state index in [1.165, 1.54) is 44.3 Å². The Bertz CT molecular complexity index is 1040. The third kappa shape index (κ3) is 3.97. The van der Waals surface area contributed by atoms with Crippen LogP contribution in [0.5, 0.6) is 0 Å². The van der Waals surface area contributed by atoms with Crippen LogP contribution in [0.25, 0.3) is 0 Å². The number of carbonyl (C=O) groups is 4. The predicted octanol–water partition coefficient (Wildman–Crippen LogP) is 2.24. The van der Waals surface area contributed by atoms with Crippen LogP contribution in [0.2, 0.25) is 5.02 Å². The van der Waals surface area contributed by atoms with Gasteiger partial charge in [0.1, 0.15) is 17.9 Å². The molecule has 5 amide bonds. The Morgan fingerprint density at radius 3 is 2.43 bits per heavy atom. The number of carbonyl (C=O) groups excluding carboxylic acids is 4. The van der Waals surface area contributed by atoms with Crippen molar-refractivity contribution < 1.29 is 23.6 Å². The molecular formula is C20H18ClFN4O4. The lowest BCUT2D eigenvalue weighted by atomic mass is 9.92. The Kier molecular flexibility index (Phi) is 5.75. The molecule has 1 unspecified atom stereocenters. The summed E-state index contributed by atoms with van der Waals surface area (Å²) < 4.78 is 13.3. The number of halogens is 2. The third-order valence-electron chi connectivity index (χ3n) is 4.70. The minimum absolute atomic E-state index is 0.0198. The highest BCUT2D eigenvalue weighted by Crippen LogP contribution is 2.33. The molecule has 0 bridgehead atoms. The molecule has 2 aromatic rings. The molecule has 10 heteroatoms. The number of rotatable bonds is 5. The van der Waals surface area contributed by atoms with Crippen LogP contribution in [0.4, 0.5) is 14.9 Å². The fourth-order valence-corrected chi connectivity index (χ4v) is 3.47. The first-order valence-corrected chi connectivity index (χ1v) is 9.25. The summed E-state index contributed by atoms with van der Waals surface area (Å²) in [6.45, 7) is 0.901. The summed E-state index contributed by atoms with van der Waals surface area (Å²) >= 11 is 6.05. The summed E-state index contributed by atoms with van der Waals surface area (Å²) in [5.41, 5.74) is -0.505. The smallest absolute Gasteiger partial charge is 0.325 e. The van der Waals surface area contributed by atoms with Gasteiger partial charge in [0.05, 0.1) is 0 Å². The Balaban J connectivity index is 1.72. The second kappa shape index (κ2) is 8.11. The molecule has 1 atom stereocenters. The van der Waals surface area contributed by atoms with Crippen LogP contribution in [0, 0.1) is 5.82 Å². The van der Waals surface area contributed by atoms with Crippen LogP contribution >= 0.6 is 11.6 Å². The molecule has 1 aliphatic heterocycles. The SMILES string of the molecule is CNC(=O)c1ccc(NC(=O)CN2C(=O)NC(C)(c3ccc(F)cc3Cl)C2=O)cc1. The molecule has 0 aromatic heterocycles. The average molecular weight is 433 g/mol. The van der Waals surface area contributed by atoms with Crippen molar-refractivity contribution in [3.05, 3.63) is 64.4 Å². The Hall–Kier alpha value is -3.46. The highest BCUT2D eigenvalue weighted by atomic mass is 35.5. The monoisotopic (exact) mass is 432 g/mol. The zero-order valence-electron chi connectivity index (χ0n) is 16.1. The fourth-order valence-electron chi connectivity index (χ4n) is 3.11. The number of hydrogen-bond acceptors (Lipinski definition) is 4. The molecule has 0 saturated carbocycles. The second-order valence-electron chi connectivity index (χ2n) is 6.78. The molecule has 156 valence electrons. The van der Waals surface area contributed by atoms with E-state index < -0.39 is 35.7 Å². The van der Waals surface area contributed by atoms with Crippen LogP contribution < -0.4 is 16.0 Å². The minimum atomic E-state index is -1.53. The van der Waals surface area contributed by atoms with E-state index in [0.717, 1.165) is 17.0 Å². The van der Waals surface area contributed by atoms with Crippen molar-refractivity contribution in [2.45, 2.75) is 12.5 Å². The first-order valence-electron chi connectivity index (χ1n) is 8.87. The zero-order valence-corrected chi connectivity index (χ0v) is 16.8. The van der Waals surface area contributed by atoms with E-state index in [1.807, 2.05) is 0 Å². The molecular weight excluding hydrogens is 415 g/mol. The second-order valence-corrected chi connectivity index (χ2v) is 7.18. The third-order valence-corrected chi connectivity index (χ3v) is 5.02. The van der Waals surface area contributed by atoms with Gasteiger partial charge >= 0.3 is 6.03 Å². The number of amides is 5. The van der Waals surface area contributed by atoms with Crippen molar-refractivity contribution >= 4 is 41.0 Å².